The SMILES string of the molecule is C=C(F)C(=O)OC(OCCC(F)(F)S(=O)(=O)[O-])(C(=O)N(CCC)CCC)C(F)(F)F. The number of nitrogens with zero attached hydrogens (tertiary/aromatic N) is 1. The zero-order chi connectivity index (χ0) is 24.0. The molecule has 0 aromatic carbocycles. The van der Waals surface area contributed by atoms with Gasteiger partial charge in [0.1, 0.15) is 0 Å². The lowest BCUT2D eigenvalue weighted by Gasteiger charge is -2.37. The fraction of sp³-hybridized carbons (Fsp3) is 0.733. The lowest BCUT2D eigenvalue weighted by molar-refractivity contribution is -0.351. The normalized spacial score (nSPS) is 14.7. The second-order valence-corrected chi connectivity index (χ2v) is 7.40. The maximum Gasteiger partial charge on any atom is 0.466 e. The van der Waals surface area contributed by atoms with Crippen LogP contribution in [-0.4, -0.2) is 66.7 Å². The van der Waals surface area contributed by atoms with Gasteiger partial charge in [0.25, 0.3) is 0 Å². The van der Waals surface area contributed by atoms with Crippen LogP contribution in [0.1, 0.15) is 33.1 Å². The van der Waals surface area contributed by atoms with Crippen molar-refractivity contribution in [3.8, 4) is 0 Å². The molecule has 0 rings (SSSR count). The molecule has 0 bridgehead atoms. The number of halogens is 6. The molecule has 0 aromatic rings. The number of alkyl halides is 5. The van der Waals surface area contributed by atoms with E-state index in [2.05, 4.69) is 16.1 Å². The summed E-state index contributed by atoms with van der Waals surface area (Å²) in [7, 11) is -6.27. The third kappa shape index (κ3) is 6.84. The van der Waals surface area contributed by atoms with Crippen LogP contribution < -0.4 is 0 Å². The van der Waals surface area contributed by atoms with Gasteiger partial charge in [0.05, 0.1) is 6.61 Å². The Bertz CT molecular complexity index is 734. The van der Waals surface area contributed by atoms with E-state index < -0.39 is 58.1 Å². The molecule has 0 aliphatic rings. The molecule has 0 radical (unpaired) electrons. The molecule has 0 saturated carbocycles. The highest BCUT2D eigenvalue weighted by Crippen LogP contribution is 2.38. The molecule has 176 valence electrons. The monoisotopic (exact) mass is 472 g/mol. The molecule has 0 heterocycles. The van der Waals surface area contributed by atoms with Gasteiger partial charge in [-0.3, -0.25) is 4.79 Å². The average Bonchev–Trinajstić information content (AvgIpc) is 2.57. The molecular formula is C15H20F6NO7S-. The predicted molar refractivity (Wildman–Crippen MR) is 87.5 cm³/mol. The molecule has 0 saturated heterocycles. The number of esters is 1. The van der Waals surface area contributed by atoms with Gasteiger partial charge in [-0.05, 0) is 12.8 Å². The van der Waals surface area contributed by atoms with Crippen molar-refractivity contribution in [1.29, 1.82) is 0 Å². The van der Waals surface area contributed by atoms with E-state index in [1.807, 2.05) is 0 Å². The summed E-state index contributed by atoms with van der Waals surface area (Å²) >= 11 is 0. The zero-order valence-corrected chi connectivity index (χ0v) is 16.7. The van der Waals surface area contributed by atoms with Gasteiger partial charge in [-0.25, -0.2) is 13.2 Å². The lowest BCUT2D eigenvalue weighted by atomic mass is 10.2. The van der Waals surface area contributed by atoms with Crippen molar-refractivity contribution in [3.63, 3.8) is 0 Å². The van der Waals surface area contributed by atoms with Crippen LogP contribution in [0.4, 0.5) is 26.3 Å². The van der Waals surface area contributed by atoms with Crippen molar-refractivity contribution in [2.75, 3.05) is 19.7 Å². The highest BCUT2D eigenvalue weighted by molar-refractivity contribution is 7.86. The van der Waals surface area contributed by atoms with E-state index in [9.17, 15) is 48.9 Å². The first-order chi connectivity index (χ1) is 13.5. The smallest absolute Gasteiger partial charge is 0.466 e. The van der Waals surface area contributed by atoms with Crippen LogP contribution in [0.25, 0.3) is 0 Å². The quantitative estimate of drug-likeness (QED) is 0.141. The Labute approximate surface area is 168 Å². The summed E-state index contributed by atoms with van der Waals surface area (Å²) in [6, 6.07) is 0. The molecule has 0 aromatic heterocycles. The predicted octanol–water partition coefficient (Wildman–Crippen LogP) is 2.46. The summed E-state index contributed by atoms with van der Waals surface area (Å²) in [4.78, 5) is 24.6. The van der Waals surface area contributed by atoms with Crippen LogP contribution in [0.2, 0.25) is 0 Å². The number of carbonyl (C=O) groups excluding carboxylic acids is 2. The molecule has 1 amide bonds. The van der Waals surface area contributed by atoms with Crippen LogP contribution in [0, 0.1) is 0 Å². The summed E-state index contributed by atoms with van der Waals surface area (Å²) < 4.78 is 120. The van der Waals surface area contributed by atoms with Crippen LogP contribution >= 0.6 is 0 Å². The number of rotatable bonds is 12. The molecule has 0 fully saturated rings. The average molecular weight is 472 g/mol. The van der Waals surface area contributed by atoms with Gasteiger partial charge in [-0.2, -0.15) is 26.3 Å². The second-order valence-electron chi connectivity index (χ2n) is 5.89. The van der Waals surface area contributed by atoms with Gasteiger partial charge in [0.2, 0.25) is 5.83 Å². The number of ether oxygens (including phenoxy) is 2. The van der Waals surface area contributed by atoms with Crippen molar-refractivity contribution in [2.45, 2.75) is 50.3 Å². The standard InChI is InChI=1S/C15H21F6NO7S/c1-4-7-22(8-5-2)12(24)14(15(19,20)21,29-11(23)10(3)16)28-9-6-13(17,18)30(25,26)27/h3-9H2,1-2H3,(H,25,26,27)/p-1. The summed E-state index contributed by atoms with van der Waals surface area (Å²) in [5.74, 6) is -11.0. The van der Waals surface area contributed by atoms with E-state index in [0.29, 0.717) is 4.90 Å². The topological polar surface area (TPSA) is 113 Å². The Balaban J connectivity index is 6.22. The molecule has 0 aliphatic heterocycles. The molecule has 1 unspecified atom stereocenters. The van der Waals surface area contributed by atoms with Gasteiger partial charge in [-0.15, -0.1) is 0 Å². The lowest BCUT2D eigenvalue weighted by Crippen LogP contribution is -2.62. The Morgan fingerprint density at radius 1 is 1.07 bits per heavy atom. The minimum absolute atomic E-state index is 0.135. The number of hydrogen-bond acceptors (Lipinski definition) is 7. The van der Waals surface area contributed by atoms with E-state index in [4.69, 9.17) is 0 Å². The fourth-order valence-electron chi connectivity index (χ4n) is 2.08. The molecule has 0 N–H and O–H groups in total. The van der Waals surface area contributed by atoms with E-state index in [1.165, 1.54) is 13.8 Å². The van der Waals surface area contributed by atoms with Crippen molar-refractivity contribution in [3.05, 3.63) is 12.4 Å². The van der Waals surface area contributed by atoms with Gasteiger partial charge in [0.15, 0.2) is 10.1 Å². The first kappa shape index (κ1) is 28.1. The summed E-state index contributed by atoms with van der Waals surface area (Å²) in [6.45, 7) is 2.93. The second kappa shape index (κ2) is 10.4. The Kier molecular flexibility index (Phi) is 9.79. The first-order valence-electron chi connectivity index (χ1n) is 8.37. The van der Waals surface area contributed by atoms with E-state index in [-0.39, 0.29) is 25.9 Å². The van der Waals surface area contributed by atoms with E-state index in [0.717, 1.165) is 0 Å². The molecular weight excluding hydrogens is 452 g/mol. The Morgan fingerprint density at radius 2 is 1.53 bits per heavy atom. The molecule has 0 aliphatic carbocycles. The van der Waals surface area contributed by atoms with E-state index in [1.54, 1.807) is 0 Å². The van der Waals surface area contributed by atoms with E-state index >= 15 is 0 Å². The highest BCUT2D eigenvalue weighted by Gasteiger charge is 2.67. The van der Waals surface area contributed by atoms with Crippen LogP contribution in [-0.2, 0) is 29.2 Å². The summed E-state index contributed by atoms with van der Waals surface area (Å²) in [5, 5.41) is -5.05. The molecule has 0 spiro atoms. The van der Waals surface area contributed by atoms with Gasteiger partial charge in [-0.1, -0.05) is 20.4 Å². The third-order valence-electron chi connectivity index (χ3n) is 3.45. The summed E-state index contributed by atoms with van der Waals surface area (Å²) in [5.41, 5.74) is 0. The van der Waals surface area contributed by atoms with Gasteiger partial charge >= 0.3 is 29.1 Å². The summed E-state index contributed by atoms with van der Waals surface area (Å²) in [6.07, 6.45) is -7.73. The van der Waals surface area contributed by atoms with Gasteiger partial charge < -0.3 is 18.9 Å². The minimum Gasteiger partial charge on any atom is -0.743 e. The van der Waals surface area contributed by atoms with Crippen molar-refractivity contribution < 1.29 is 58.4 Å². The Morgan fingerprint density at radius 3 is 1.87 bits per heavy atom. The van der Waals surface area contributed by atoms with Crippen molar-refractivity contribution in [2.24, 2.45) is 0 Å². The third-order valence-corrected chi connectivity index (χ3v) is 4.39. The molecule has 8 nitrogen and oxygen atoms in total. The first-order valence-corrected chi connectivity index (χ1v) is 9.78. The Hall–Kier alpha value is -1.87. The minimum atomic E-state index is -6.27. The van der Waals surface area contributed by atoms with Crippen molar-refractivity contribution >= 4 is 22.0 Å². The molecule has 30 heavy (non-hydrogen) atoms. The maximum atomic E-state index is 13.8. The number of carbonyl (C=O) groups is 2. The van der Waals surface area contributed by atoms with Crippen molar-refractivity contribution in [1.82, 2.24) is 4.90 Å². The zero-order valence-electron chi connectivity index (χ0n) is 15.9. The van der Waals surface area contributed by atoms with Crippen LogP contribution in [0.5, 0.6) is 0 Å². The molecule has 15 heteroatoms. The number of hydrogen-bond donors (Lipinski definition) is 0. The highest BCUT2D eigenvalue weighted by atomic mass is 32.2. The molecule has 1 atom stereocenters. The maximum absolute atomic E-state index is 13.8. The van der Waals surface area contributed by atoms with Crippen LogP contribution in [0.15, 0.2) is 12.4 Å². The van der Waals surface area contributed by atoms with Gasteiger partial charge in [0, 0.05) is 19.5 Å². The van der Waals surface area contributed by atoms with Crippen LogP contribution in [0.3, 0.4) is 0 Å². The fourth-order valence-corrected chi connectivity index (χ4v) is 2.42. The largest absolute Gasteiger partial charge is 0.743 e. The number of amides is 1.